The van der Waals surface area contributed by atoms with Gasteiger partial charge in [-0.3, -0.25) is 0 Å². The monoisotopic (exact) mass is 229 g/mol. The molecule has 1 aliphatic carbocycles. The van der Waals surface area contributed by atoms with Crippen LogP contribution in [0, 0.1) is 5.92 Å². The van der Waals surface area contributed by atoms with Crippen molar-refractivity contribution in [2.75, 3.05) is 19.8 Å². The minimum absolute atomic E-state index is 0.616. The molecular weight excluding hydrogens is 208 g/mol. The SMILES string of the molecule is CCO[Si](OCC)OCC=CC1CCC1. The minimum Gasteiger partial charge on any atom is -0.371 e. The van der Waals surface area contributed by atoms with Gasteiger partial charge in [0.25, 0.3) is 0 Å². The molecule has 0 N–H and O–H groups in total. The van der Waals surface area contributed by atoms with Crippen LogP contribution in [0.25, 0.3) is 0 Å². The summed E-state index contributed by atoms with van der Waals surface area (Å²) in [5.74, 6) is 0.795. The Hall–Kier alpha value is -0.163. The number of allylic oxidation sites excluding steroid dienone is 1. The Morgan fingerprint density at radius 3 is 2.27 bits per heavy atom. The zero-order valence-electron chi connectivity index (χ0n) is 9.70. The van der Waals surface area contributed by atoms with Gasteiger partial charge in [0, 0.05) is 13.2 Å². The third kappa shape index (κ3) is 5.46. The molecule has 0 amide bonds. The van der Waals surface area contributed by atoms with Crippen LogP contribution in [0.2, 0.25) is 0 Å². The summed E-state index contributed by atoms with van der Waals surface area (Å²) in [6, 6.07) is 0. The second kappa shape index (κ2) is 8.04. The quantitative estimate of drug-likeness (QED) is 0.472. The van der Waals surface area contributed by atoms with Crippen molar-refractivity contribution < 1.29 is 13.3 Å². The molecule has 15 heavy (non-hydrogen) atoms. The van der Waals surface area contributed by atoms with E-state index in [4.69, 9.17) is 13.3 Å². The van der Waals surface area contributed by atoms with Crippen LogP contribution < -0.4 is 0 Å². The fourth-order valence-electron chi connectivity index (χ4n) is 1.36. The summed E-state index contributed by atoms with van der Waals surface area (Å²) in [5, 5.41) is 0. The molecule has 1 rings (SSSR count). The van der Waals surface area contributed by atoms with E-state index in [1.54, 1.807) is 0 Å². The Bertz CT molecular complexity index is 175. The van der Waals surface area contributed by atoms with Gasteiger partial charge < -0.3 is 13.3 Å². The first-order valence-electron chi connectivity index (χ1n) is 5.78. The Balaban J connectivity index is 2.06. The highest BCUT2D eigenvalue weighted by molar-refractivity contribution is 6.36. The second-order valence-corrected chi connectivity index (χ2v) is 4.91. The van der Waals surface area contributed by atoms with E-state index in [-0.39, 0.29) is 0 Å². The molecule has 1 saturated carbocycles. The summed E-state index contributed by atoms with van der Waals surface area (Å²) in [7, 11) is -1.48. The minimum atomic E-state index is -1.48. The number of hydrogen-bond acceptors (Lipinski definition) is 3. The summed E-state index contributed by atoms with van der Waals surface area (Å²) in [5.41, 5.74) is 0. The van der Waals surface area contributed by atoms with Crippen LogP contribution in [0.15, 0.2) is 12.2 Å². The van der Waals surface area contributed by atoms with Crippen LogP contribution in [-0.4, -0.2) is 29.3 Å². The van der Waals surface area contributed by atoms with E-state index in [9.17, 15) is 0 Å². The lowest BCUT2D eigenvalue weighted by molar-refractivity contribution is 0.112. The van der Waals surface area contributed by atoms with E-state index in [0.29, 0.717) is 19.8 Å². The molecule has 0 aliphatic heterocycles. The van der Waals surface area contributed by atoms with Crippen LogP contribution in [0.4, 0.5) is 0 Å². The fraction of sp³-hybridized carbons (Fsp3) is 0.818. The van der Waals surface area contributed by atoms with Crippen LogP contribution >= 0.6 is 0 Å². The Morgan fingerprint density at radius 1 is 1.13 bits per heavy atom. The Labute approximate surface area is 94.4 Å². The van der Waals surface area contributed by atoms with Gasteiger partial charge in [-0.25, -0.2) is 0 Å². The molecule has 4 heteroatoms. The third-order valence-electron chi connectivity index (χ3n) is 2.38. The standard InChI is InChI=1S/C11H21O3Si/c1-3-12-15(13-4-2)14-10-6-9-11-7-5-8-11/h6,9,11H,3-5,7-8,10H2,1-2H3. The zero-order valence-corrected chi connectivity index (χ0v) is 10.7. The smallest absolute Gasteiger partial charge is 0.371 e. The molecule has 0 heterocycles. The predicted octanol–water partition coefficient (Wildman–Crippen LogP) is 2.42. The first-order valence-corrected chi connectivity index (χ1v) is 7.01. The third-order valence-corrected chi connectivity index (χ3v) is 3.83. The van der Waals surface area contributed by atoms with Crippen molar-refractivity contribution in [2.45, 2.75) is 33.1 Å². The highest BCUT2D eigenvalue weighted by Gasteiger charge is 2.17. The van der Waals surface area contributed by atoms with Gasteiger partial charge in [0.15, 0.2) is 0 Å². The maximum Gasteiger partial charge on any atom is 0.578 e. The molecule has 0 aromatic rings. The zero-order chi connectivity index (χ0) is 10.9. The highest BCUT2D eigenvalue weighted by atomic mass is 28.3. The molecule has 1 radical (unpaired) electrons. The summed E-state index contributed by atoms with van der Waals surface area (Å²) in [4.78, 5) is 0. The van der Waals surface area contributed by atoms with Crippen LogP contribution in [0.3, 0.4) is 0 Å². The number of hydrogen-bond donors (Lipinski definition) is 0. The largest absolute Gasteiger partial charge is 0.578 e. The fourth-order valence-corrected chi connectivity index (χ4v) is 2.31. The normalized spacial score (nSPS) is 17.5. The average Bonchev–Trinajstić information content (AvgIpc) is 2.15. The molecular formula is C11H21O3Si. The van der Waals surface area contributed by atoms with Gasteiger partial charge in [-0.2, -0.15) is 0 Å². The summed E-state index contributed by atoms with van der Waals surface area (Å²) in [6.45, 7) is 5.83. The lowest BCUT2D eigenvalue weighted by atomic mass is 9.85. The Morgan fingerprint density at radius 2 is 1.80 bits per heavy atom. The van der Waals surface area contributed by atoms with E-state index in [0.717, 1.165) is 5.92 Å². The van der Waals surface area contributed by atoms with Crippen LogP contribution in [0.1, 0.15) is 33.1 Å². The first-order chi connectivity index (χ1) is 7.36. The van der Waals surface area contributed by atoms with Crippen LogP contribution in [0.5, 0.6) is 0 Å². The van der Waals surface area contributed by atoms with Crippen molar-refractivity contribution in [2.24, 2.45) is 5.92 Å². The molecule has 0 unspecified atom stereocenters. The molecule has 87 valence electrons. The molecule has 0 saturated heterocycles. The molecule has 0 spiro atoms. The second-order valence-electron chi connectivity index (χ2n) is 3.55. The predicted molar refractivity (Wildman–Crippen MR) is 61.4 cm³/mol. The van der Waals surface area contributed by atoms with Gasteiger partial charge in [0.05, 0.1) is 6.61 Å². The van der Waals surface area contributed by atoms with Gasteiger partial charge in [-0.15, -0.1) is 0 Å². The van der Waals surface area contributed by atoms with Crippen LogP contribution in [-0.2, 0) is 13.3 Å². The van der Waals surface area contributed by atoms with Gasteiger partial charge in [-0.05, 0) is 32.6 Å². The topological polar surface area (TPSA) is 27.7 Å². The van der Waals surface area contributed by atoms with Crippen molar-refractivity contribution in [1.82, 2.24) is 0 Å². The Kier molecular flexibility index (Phi) is 6.92. The average molecular weight is 229 g/mol. The molecule has 0 atom stereocenters. The van der Waals surface area contributed by atoms with Crippen molar-refractivity contribution in [3.05, 3.63) is 12.2 Å². The van der Waals surface area contributed by atoms with Crippen molar-refractivity contribution in [3.8, 4) is 0 Å². The van der Waals surface area contributed by atoms with E-state index >= 15 is 0 Å². The molecule has 0 bridgehead atoms. The van der Waals surface area contributed by atoms with E-state index in [2.05, 4.69) is 12.2 Å². The molecule has 3 nitrogen and oxygen atoms in total. The van der Waals surface area contributed by atoms with Crippen molar-refractivity contribution in [3.63, 3.8) is 0 Å². The van der Waals surface area contributed by atoms with E-state index < -0.39 is 9.53 Å². The van der Waals surface area contributed by atoms with E-state index in [1.807, 2.05) is 13.8 Å². The maximum absolute atomic E-state index is 5.51. The van der Waals surface area contributed by atoms with Gasteiger partial charge >= 0.3 is 9.53 Å². The summed E-state index contributed by atoms with van der Waals surface area (Å²) >= 11 is 0. The molecule has 1 aliphatic rings. The number of rotatable bonds is 8. The molecule has 0 aromatic carbocycles. The highest BCUT2D eigenvalue weighted by Crippen LogP contribution is 2.27. The molecule has 0 aromatic heterocycles. The van der Waals surface area contributed by atoms with E-state index in [1.165, 1.54) is 19.3 Å². The lowest BCUT2D eigenvalue weighted by Crippen LogP contribution is -2.27. The first kappa shape index (κ1) is 12.9. The summed E-state index contributed by atoms with van der Waals surface area (Å²) < 4.78 is 16.2. The van der Waals surface area contributed by atoms with Crippen molar-refractivity contribution >= 4 is 9.53 Å². The molecule has 1 fully saturated rings. The van der Waals surface area contributed by atoms with Crippen molar-refractivity contribution in [1.29, 1.82) is 0 Å². The van der Waals surface area contributed by atoms with Gasteiger partial charge in [-0.1, -0.05) is 18.6 Å². The summed E-state index contributed by atoms with van der Waals surface area (Å²) in [6.07, 6.45) is 8.40. The lowest BCUT2D eigenvalue weighted by Gasteiger charge is -2.21. The maximum atomic E-state index is 5.51. The van der Waals surface area contributed by atoms with Gasteiger partial charge in [0.1, 0.15) is 0 Å². The van der Waals surface area contributed by atoms with Gasteiger partial charge in [0.2, 0.25) is 0 Å².